The van der Waals surface area contributed by atoms with Gasteiger partial charge in [0.05, 0.1) is 5.69 Å². The fourth-order valence-corrected chi connectivity index (χ4v) is 3.60. The van der Waals surface area contributed by atoms with Crippen molar-refractivity contribution >= 4 is 17.2 Å². The molecule has 5 heteroatoms. The van der Waals surface area contributed by atoms with Crippen molar-refractivity contribution in [3.8, 4) is 0 Å². The van der Waals surface area contributed by atoms with Gasteiger partial charge in [-0.05, 0) is 44.5 Å². The van der Waals surface area contributed by atoms with E-state index in [0.717, 1.165) is 43.1 Å². The molecule has 1 aliphatic rings. The largest absolute Gasteiger partial charge is 0.368 e. The van der Waals surface area contributed by atoms with E-state index < -0.39 is 0 Å². The van der Waals surface area contributed by atoms with Crippen molar-refractivity contribution in [3.05, 3.63) is 65.1 Å². The van der Waals surface area contributed by atoms with Gasteiger partial charge in [-0.1, -0.05) is 23.8 Å². The molecule has 1 aliphatic heterocycles. The molecular formula is C21H24N4O. The van der Waals surface area contributed by atoms with Crippen molar-refractivity contribution in [1.82, 2.24) is 14.3 Å². The number of nitrogens with zero attached hydrogens (tertiary/aromatic N) is 4. The molecule has 2 aromatic heterocycles. The van der Waals surface area contributed by atoms with Crippen LogP contribution in [-0.4, -0.2) is 46.4 Å². The molecule has 134 valence electrons. The minimum absolute atomic E-state index is 0.0733. The number of aromatic nitrogens is 2. The Hall–Kier alpha value is -2.82. The predicted octanol–water partition coefficient (Wildman–Crippen LogP) is 3.22. The molecule has 0 atom stereocenters. The number of rotatable bonds is 2. The molecule has 1 saturated heterocycles. The molecule has 0 saturated carbocycles. The first-order chi connectivity index (χ1) is 12.5. The van der Waals surface area contributed by atoms with Crippen LogP contribution in [0.4, 0.5) is 5.69 Å². The van der Waals surface area contributed by atoms with Gasteiger partial charge in [-0.25, -0.2) is 4.98 Å². The molecule has 1 amide bonds. The summed E-state index contributed by atoms with van der Waals surface area (Å²) in [5.41, 5.74) is 5.92. The summed E-state index contributed by atoms with van der Waals surface area (Å²) < 4.78 is 1.93. The Kier molecular flexibility index (Phi) is 4.15. The molecule has 0 N–H and O–H groups in total. The number of pyridine rings is 1. The Morgan fingerprint density at radius 2 is 1.54 bits per heavy atom. The molecule has 0 unspecified atom stereocenters. The number of imidazole rings is 1. The van der Waals surface area contributed by atoms with Gasteiger partial charge in [0.15, 0.2) is 0 Å². The van der Waals surface area contributed by atoms with Crippen LogP contribution in [0.1, 0.15) is 27.3 Å². The second kappa shape index (κ2) is 6.48. The van der Waals surface area contributed by atoms with E-state index in [9.17, 15) is 4.79 Å². The number of hydrogen-bond acceptors (Lipinski definition) is 3. The van der Waals surface area contributed by atoms with E-state index in [-0.39, 0.29) is 5.91 Å². The van der Waals surface area contributed by atoms with E-state index in [1.54, 1.807) is 0 Å². The summed E-state index contributed by atoms with van der Waals surface area (Å²) in [6.07, 6.45) is 1.99. The molecule has 3 heterocycles. The lowest BCUT2D eigenvalue weighted by molar-refractivity contribution is 0.0739. The highest BCUT2D eigenvalue weighted by atomic mass is 16.2. The second-order valence-corrected chi connectivity index (χ2v) is 7.10. The lowest BCUT2D eigenvalue weighted by Crippen LogP contribution is -2.49. The first kappa shape index (κ1) is 16.6. The molecule has 1 aromatic carbocycles. The van der Waals surface area contributed by atoms with Crippen LogP contribution >= 0.6 is 0 Å². The molecule has 3 aromatic rings. The van der Waals surface area contributed by atoms with E-state index in [4.69, 9.17) is 0 Å². The van der Waals surface area contributed by atoms with Gasteiger partial charge >= 0.3 is 0 Å². The van der Waals surface area contributed by atoms with Crippen LogP contribution < -0.4 is 4.90 Å². The van der Waals surface area contributed by atoms with Crippen molar-refractivity contribution in [2.45, 2.75) is 20.8 Å². The lowest BCUT2D eigenvalue weighted by Gasteiger charge is -2.36. The quantitative estimate of drug-likeness (QED) is 0.714. The van der Waals surface area contributed by atoms with Crippen LogP contribution in [0.3, 0.4) is 0 Å². The highest BCUT2D eigenvalue weighted by molar-refractivity contribution is 5.95. The zero-order valence-electron chi connectivity index (χ0n) is 15.6. The number of piperazine rings is 1. The van der Waals surface area contributed by atoms with E-state index in [2.05, 4.69) is 41.1 Å². The number of benzene rings is 1. The summed E-state index contributed by atoms with van der Waals surface area (Å²) in [5, 5.41) is 0. The van der Waals surface area contributed by atoms with Crippen molar-refractivity contribution in [3.63, 3.8) is 0 Å². The SMILES string of the molecule is Cc1ccc(N2CCN(C(=O)c3c(C)nc4ccc(C)cn34)CC2)cc1. The van der Waals surface area contributed by atoms with Crippen molar-refractivity contribution in [1.29, 1.82) is 0 Å². The number of carbonyl (C=O) groups excluding carboxylic acids is 1. The zero-order chi connectivity index (χ0) is 18.3. The van der Waals surface area contributed by atoms with Gasteiger partial charge in [-0.3, -0.25) is 9.20 Å². The number of hydrogen-bond donors (Lipinski definition) is 0. The predicted molar refractivity (Wildman–Crippen MR) is 104 cm³/mol. The van der Waals surface area contributed by atoms with E-state index >= 15 is 0 Å². The average Bonchev–Trinajstić information content (AvgIpc) is 2.97. The zero-order valence-corrected chi connectivity index (χ0v) is 15.6. The van der Waals surface area contributed by atoms with Gasteiger partial charge in [0.2, 0.25) is 0 Å². The maximum atomic E-state index is 13.1. The first-order valence-electron chi connectivity index (χ1n) is 9.09. The van der Waals surface area contributed by atoms with Crippen LogP contribution in [0.5, 0.6) is 0 Å². The summed E-state index contributed by atoms with van der Waals surface area (Å²) in [6, 6.07) is 12.6. The maximum Gasteiger partial charge on any atom is 0.272 e. The highest BCUT2D eigenvalue weighted by Gasteiger charge is 2.26. The fourth-order valence-electron chi connectivity index (χ4n) is 3.60. The number of aryl methyl sites for hydroxylation is 3. The van der Waals surface area contributed by atoms with Crippen molar-refractivity contribution < 1.29 is 4.79 Å². The van der Waals surface area contributed by atoms with Gasteiger partial charge in [-0.2, -0.15) is 0 Å². The normalized spacial score (nSPS) is 14.9. The Bertz CT molecular complexity index is 950. The maximum absolute atomic E-state index is 13.1. The molecule has 0 spiro atoms. The summed E-state index contributed by atoms with van der Waals surface area (Å²) in [5.74, 6) is 0.0733. The number of anilines is 1. The summed E-state index contributed by atoms with van der Waals surface area (Å²) >= 11 is 0. The molecule has 0 radical (unpaired) electrons. The summed E-state index contributed by atoms with van der Waals surface area (Å²) in [6.45, 7) is 9.20. The minimum atomic E-state index is 0.0733. The van der Waals surface area contributed by atoms with Crippen LogP contribution in [0.15, 0.2) is 42.6 Å². The average molecular weight is 348 g/mol. The minimum Gasteiger partial charge on any atom is -0.368 e. The second-order valence-electron chi connectivity index (χ2n) is 7.10. The highest BCUT2D eigenvalue weighted by Crippen LogP contribution is 2.20. The van der Waals surface area contributed by atoms with Gasteiger partial charge in [-0.15, -0.1) is 0 Å². The summed E-state index contributed by atoms with van der Waals surface area (Å²) in [4.78, 5) is 22.0. The standard InChI is InChI=1S/C21H24N4O/c1-15-4-7-18(8-5-15)23-10-12-24(13-11-23)21(26)20-17(3)22-19-9-6-16(2)14-25(19)20/h4-9,14H,10-13H2,1-3H3. The van der Waals surface area contributed by atoms with Gasteiger partial charge in [0.1, 0.15) is 11.3 Å². The van der Waals surface area contributed by atoms with Gasteiger partial charge in [0, 0.05) is 38.1 Å². The molecule has 4 rings (SSSR count). The Morgan fingerprint density at radius 3 is 2.23 bits per heavy atom. The fraction of sp³-hybridized carbons (Fsp3) is 0.333. The van der Waals surface area contributed by atoms with Gasteiger partial charge < -0.3 is 9.80 Å². The monoisotopic (exact) mass is 348 g/mol. The Morgan fingerprint density at radius 1 is 0.885 bits per heavy atom. The molecule has 5 nitrogen and oxygen atoms in total. The first-order valence-corrected chi connectivity index (χ1v) is 9.09. The van der Waals surface area contributed by atoms with Crippen LogP contribution in [0, 0.1) is 20.8 Å². The number of fused-ring (bicyclic) bond motifs is 1. The lowest BCUT2D eigenvalue weighted by atomic mass is 10.2. The van der Waals surface area contributed by atoms with Crippen LogP contribution in [0.2, 0.25) is 0 Å². The van der Waals surface area contributed by atoms with Crippen molar-refractivity contribution in [2.75, 3.05) is 31.1 Å². The molecular weight excluding hydrogens is 324 g/mol. The molecule has 1 fully saturated rings. The van der Waals surface area contributed by atoms with E-state index in [1.807, 2.05) is 41.5 Å². The van der Waals surface area contributed by atoms with Gasteiger partial charge in [0.25, 0.3) is 5.91 Å². The molecule has 0 bridgehead atoms. The Labute approximate surface area is 153 Å². The summed E-state index contributed by atoms with van der Waals surface area (Å²) in [7, 11) is 0. The molecule has 26 heavy (non-hydrogen) atoms. The smallest absolute Gasteiger partial charge is 0.272 e. The van der Waals surface area contributed by atoms with Crippen LogP contribution in [0.25, 0.3) is 5.65 Å². The molecule has 0 aliphatic carbocycles. The number of amides is 1. The van der Waals surface area contributed by atoms with Crippen LogP contribution in [-0.2, 0) is 0 Å². The topological polar surface area (TPSA) is 40.8 Å². The number of carbonyl (C=O) groups is 1. The van der Waals surface area contributed by atoms with E-state index in [1.165, 1.54) is 11.3 Å². The van der Waals surface area contributed by atoms with E-state index in [0.29, 0.717) is 5.69 Å². The third-order valence-corrected chi connectivity index (χ3v) is 5.11. The third-order valence-electron chi connectivity index (χ3n) is 5.11. The Balaban J connectivity index is 1.53. The third kappa shape index (κ3) is 2.94. The van der Waals surface area contributed by atoms with Crippen molar-refractivity contribution in [2.24, 2.45) is 0 Å².